The molecule has 120 valence electrons. The van der Waals surface area contributed by atoms with Gasteiger partial charge in [-0.25, -0.2) is 4.39 Å². The largest absolute Gasteiger partial charge is 0.383 e. The smallest absolute Gasteiger partial charge is 0.127 e. The minimum absolute atomic E-state index is 0.00925. The zero-order valence-corrected chi connectivity index (χ0v) is 13.9. The van der Waals surface area contributed by atoms with E-state index < -0.39 is 0 Å². The second kappa shape index (κ2) is 9.13. The number of methoxy groups -OCH3 is 1. The van der Waals surface area contributed by atoms with Crippen LogP contribution in [-0.4, -0.2) is 44.8 Å². The summed E-state index contributed by atoms with van der Waals surface area (Å²) in [4.78, 5) is 2.37. The van der Waals surface area contributed by atoms with E-state index in [0.717, 1.165) is 18.7 Å². The van der Waals surface area contributed by atoms with Crippen molar-refractivity contribution in [2.24, 2.45) is 5.92 Å². The Kier molecular flexibility index (Phi) is 7.86. The molecular formula is C17H29FN2O. The molecule has 21 heavy (non-hydrogen) atoms. The number of benzene rings is 1. The van der Waals surface area contributed by atoms with Gasteiger partial charge < -0.3 is 10.1 Å². The fourth-order valence-electron chi connectivity index (χ4n) is 2.92. The highest BCUT2D eigenvalue weighted by atomic mass is 19.1. The molecule has 0 aromatic heterocycles. The van der Waals surface area contributed by atoms with E-state index in [9.17, 15) is 4.39 Å². The first-order valence-corrected chi connectivity index (χ1v) is 7.69. The molecule has 3 nitrogen and oxygen atoms in total. The van der Waals surface area contributed by atoms with E-state index in [1.165, 1.54) is 6.07 Å². The molecule has 1 aromatic carbocycles. The minimum atomic E-state index is -0.142. The van der Waals surface area contributed by atoms with Crippen molar-refractivity contribution >= 4 is 0 Å². The standard InChI is InChI=1S/C17H29FN2O/c1-6-20(14(3)12-21-5)11-13(2)17(19-4)15-9-7-8-10-16(15)18/h7-10,13-14,17,19H,6,11-12H2,1-5H3. The molecule has 0 fully saturated rings. The fraction of sp³-hybridized carbons (Fsp3) is 0.647. The zero-order valence-electron chi connectivity index (χ0n) is 13.9. The summed E-state index contributed by atoms with van der Waals surface area (Å²) in [7, 11) is 3.62. The Morgan fingerprint density at radius 3 is 2.48 bits per heavy atom. The molecule has 0 saturated carbocycles. The Morgan fingerprint density at radius 2 is 1.95 bits per heavy atom. The molecule has 0 aliphatic rings. The normalized spacial score (nSPS) is 16.0. The van der Waals surface area contributed by atoms with Crippen LogP contribution in [0.25, 0.3) is 0 Å². The van der Waals surface area contributed by atoms with Crippen molar-refractivity contribution in [3.8, 4) is 0 Å². The number of nitrogens with zero attached hydrogens (tertiary/aromatic N) is 1. The lowest BCUT2D eigenvalue weighted by molar-refractivity contribution is 0.0885. The predicted octanol–water partition coefficient (Wildman–Crippen LogP) is 3.08. The maximum atomic E-state index is 14.0. The predicted molar refractivity (Wildman–Crippen MR) is 85.9 cm³/mol. The third-order valence-corrected chi connectivity index (χ3v) is 4.08. The first-order chi connectivity index (χ1) is 10.0. The van der Waals surface area contributed by atoms with Crippen molar-refractivity contribution in [1.82, 2.24) is 10.2 Å². The van der Waals surface area contributed by atoms with Crippen molar-refractivity contribution in [2.45, 2.75) is 32.9 Å². The highest BCUT2D eigenvalue weighted by Crippen LogP contribution is 2.25. The maximum absolute atomic E-state index is 14.0. The Hall–Kier alpha value is -0.970. The van der Waals surface area contributed by atoms with Gasteiger partial charge in [-0.2, -0.15) is 0 Å². The average molecular weight is 296 g/mol. The first-order valence-electron chi connectivity index (χ1n) is 7.69. The van der Waals surface area contributed by atoms with Gasteiger partial charge in [-0.1, -0.05) is 32.0 Å². The van der Waals surface area contributed by atoms with Crippen molar-refractivity contribution in [3.63, 3.8) is 0 Å². The van der Waals surface area contributed by atoms with Gasteiger partial charge in [0.2, 0.25) is 0 Å². The van der Waals surface area contributed by atoms with Crippen LogP contribution in [0.5, 0.6) is 0 Å². The molecule has 0 aliphatic heterocycles. The zero-order chi connectivity index (χ0) is 15.8. The average Bonchev–Trinajstić information content (AvgIpc) is 2.47. The molecule has 0 saturated heterocycles. The lowest BCUT2D eigenvalue weighted by Gasteiger charge is -2.33. The molecule has 0 spiro atoms. The SMILES string of the molecule is CCN(CC(C)C(NC)c1ccccc1F)C(C)COC. The molecule has 0 amide bonds. The van der Waals surface area contributed by atoms with E-state index in [2.05, 4.69) is 31.0 Å². The number of hydrogen-bond acceptors (Lipinski definition) is 3. The van der Waals surface area contributed by atoms with Crippen molar-refractivity contribution in [2.75, 3.05) is 33.9 Å². The first kappa shape index (κ1) is 18.1. The van der Waals surface area contributed by atoms with Crippen molar-refractivity contribution in [3.05, 3.63) is 35.6 Å². The van der Waals surface area contributed by atoms with Gasteiger partial charge in [0, 0.05) is 31.3 Å². The molecule has 1 N–H and O–H groups in total. The molecule has 0 heterocycles. The Balaban J connectivity index is 2.79. The third-order valence-electron chi connectivity index (χ3n) is 4.08. The van der Waals surface area contributed by atoms with E-state index in [1.54, 1.807) is 13.2 Å². The van der Waals surface area contributed by atoms with E-state index in [0.29, 0.717) is 18.6 Å². The molecule has 1 aromatic rings. The molecule has 4 heteroatoms. The number of ether oxygens (including phenoxy) is 1. The Morgan fingerprint density at radius 1 is 1.29 bits per heavy atom. The van der Waals surface area contributed by atoms with Crippen LogP contribution in [0, 0.1) is 11.7 Å². The van der Waals surface area contributed by atoms with Crippen LogP contribution in [0.15, 0.2) is 24.3 Å². The number of hydrogen-bond donors (Lipinski definition) is 1. The molecule has 1 rings (SSSR count). The van der Waals surface area contributed by atoms with Crippen molar-refractivity contribution < 1.29 is 9.13 Å². The van der Waals surface area contributed by atoms with Crippen LogP contribution in [0.3, 0.4) is 0 Å². The van der Waals surface area contributed by atoms with Gasteiger partial charge in [-0.15, -0.1) is 0 Å². The molecular weight excluding hydrogens is 267 g/mol. The molecule has 0 aliphatic carbocycles. The molecule has 0 bridgehead atoms. The van der Waals surface area contributed by atoms with Crippen LogP contribution in [-0.2, 0) is 4.74 Å². The summed E-state index contributed by atoms with van der Waals surface area (Å²) in [5.41, 5.74) is 0.739. The highest BCUT2D eigenvalue weighted by Gasteiger charge is 2.24. The number of nitrogens with one attached hydrogen (secondary N) is 1. The van der Waals surface area contributed by atoms with Gasteiger partial charge in [0.1, 0.15) is 5.82 Å². The lowest BCUT2D eigenvalue weighted by Crippen LogP contribution is -2.41. The summed E-state index contributed by atoms with van der Waals surface area (Å²) in [5.74, 6) is 0.155. The molecule has 3 atom stereocenters. The Labute approximate surface area is 128 Å². The van der Waals surface area contributed by atoms with Gasteiger partial charge in [-0.3, -0.25) is 4.90 Å². The third kappa shape index (κ3) is 5.06. The summed E-state index contributed by atoms with van der Waals surface area (Å²) >= 11 is 0. The van der Waals surface area contributed by atoms with E-state index >= 15 is 0 Å². The molecule has 3 unspecified atom stereocenters. The highest BCUT2D eigenvalue weighted by molar-refractivity contribution is 5.21. The van der Waals surface area contributed by atoms with Gasteiger partial charge in [-0.05, 0) is 32.5 Å². The Bertz CT molecular complexity index is 414. The summed E-state index contributed by atoms with van der Waals surface area (Å²) in [6, 6.07) is 7.38. The quantitative estimate of drug-likeness (QED) is 0.758. The van der Waals surface area contributed by atoms with Crippen molar-refractivity contribution in [1.29, 1.82) is 0 Å². The summed E-state index contributed by atoms with van der Waals surface area (Å²) < 4.78 is 19.3. The van der Waals surface area contributed by atoms with Crippen LogP contribution < -0.4 is 5.32 Å². The second-order valence-electron chi connectivity index (χ2n) is 5.66. The maximum Gasteiger partial charge on any atom is 0.127 e. The number of likely N-dealkylation sites (N-methyl/N-ethyl adjacent to an activating group) is 1. The van der Waals surface area contributed by atoms with Crippen LogP contribution in [0.2, 0.25) is 0 Å². The van der Waals surface area contributed by atoms with Gasteiger partial charge >= 0.3 is 0 Å². The van der Waals surface area contributed by atoms with E-state index in [4.69, 9.17) is 4.74 Å². The summed E-state index contributed by atoms with van der Waals surface area (Å²) in [6.07, 6.45) is 0. The molecule has 0 radical (unpaired) electrons. The number of halogens is 1. The van der Waals surface area contributed by atoms with E-state index in [1.807, 2.05) is 19.2 Å². The summed E-state index contributed by atoms with van der Waals surface area (Å²) in [5, 5.41) is 3.26. The monoisotopic (exact) mass is 296 g/mol. The summed E-state index contributed by atoms with van der Waals surface area (Å²) in [6.45, 7) is 9.05. The van der Waals surface area contributed by atoms with Crippen LogP contribution >= 0.6 is 0 Å². The lowest BCUT2D eigenvalue weighted by atomic mass is 9.93. The topological polar surface area (TPSA) is 24.5 Å². The van der Waals surface area contributed by atoms with Gasteiger partial charge in [0.25, 0.3) is 0 Å². The van der Waals surface area contributed by atoms with Crippen LogP contribution in [0.4, 0.5) is 4.39 Å². The van der Waals surface area contributed by atoms with Crippen LogP contribution in [0.1, 0.15) is 32.4 Å². The van der Waals surface area contributed by atoms with E-state index in [-0.39, 0.29) is 11.9 Å². The minimum Gasteiger partial charge on any atom is -0.383 e. The number of rotatable bonds is 9. The van der Waals surface area contributed by atoms with Gasteiger partial charge in [0.05, 0.1) is 6.61 Å². The second-order valence-corrected chi connectivity index (χ2v) is 5.66. The fourth-order valence-corrected chi connectivity index (χ4v) is 2.92. The van der Waals surface area contributed by atoms with Gasteiger partial charge in [0.15, 0.2) is 0 Å².